The first-order valence-electron chi connectivity index (χ1n) is 8.08. The molecule has 0 bridgehead atoms. The zero-order valence-electron chi connectivity index (χ0n) is 14.5. The van der Waals surface area contributed by atoms with Crippen LogP contribution in [0.5, 0.6) is 5.75 Å². The van der Waals surface area contributed by atoms with Crippen molar-refractivity contribution >= 4 is 17.5 Å². The monoisotopic (exact) mass is 328 g/mol. The van der Waals surface area contributed by atoms with E-state index in [0.29, 0.717) is 24.0 Å². The summed E-state index contributed by atoms with van der Waals surface area (Å²) in [5.74, 6) is 1.49. The molecule has 0 atom stereocenters. The predicted molar refractivity (Wildman–Crippen MR) is 94.7 cm³/mol. The highest BCUT2D eigenvalue weighted by atomic mass is 16.5. The Morgan fingerprint density at radius 1 is 1.08 bits per heavy atom. The molecule has 0 unspecified atom stereocenters. The van der Waals surface area contributed by atoms with Crippen LogP contribution in [0.1, 0.15) is 38.1 Å². The number of rotatable bonds is 7. The molecule has 1 heterocycles. The Bertz CT molecular complexity index is 652. The Labute approximate surface area is 142 Å². The van der Waals surface area contributed by atoms with Crippen molar-refractivity contribution in [2.75, 3.05) is 11.9 Å². The van der Waals surface area contributed by atoms with Gasteiger partial charge in [-0.2, -0.15) is 0 Å². The molecule has 24 heavy (non-hydrogen) atoms. The first-order chi connectivity index (χ1) is 11.4. The summed E-state index contributed by atoms with van der Waals surface area (Å²) in [7, 11) is 0. The van der Waals surface area contributed by atoms with Crippen molar-refractivity contribution in [2.24, 2.45) is 5.92 Å². The lowest BCUT2D eigenvalue weighted by Crippen LogP contribution is -2.27. The van der Waals surface area contributed by atoms with Gasteiger partial charge in [-0.05, 0) is 44.0 Å². The fourth-order valence-corrected chi connectivity index (χ4v) is 1.93. The van der Waals surface area contributed by atoms with Gasteiger partial charge in [-0.15, -0.1) is 0 Å². The van der Waals surface area contributed by atoms with Gasteiger partial charge >= 0.3 is 0 Å². The number of carbonyl (C=O) groups excluding carboxylic acids is 1. The molecule has 0 aliphatic carbocycles. The van der Waals surface area contributed by atoms with Crippen LogP contribution in [0.2, 0.25) is 0 Å². The normalized spacial score (nSPS) is 10.8. The van der Waals surface area contributed by atoms with Gasteiger partial charge in [0.25, 0.3) is 5.91 Å². The molecule has 6 nitrogen and oxygen atoms in total. The summed E-state index contributed by atoms with van der Waals surface area (Å²) in [4.78, 5) is 20.3. The summed E-state index contributed by atoms with van der Waals surface area (Å²) < 4.78 is 5.60. The predicted octanol–water partition coefficient (Wildman–Crippen LogP) is 3.39. The molecular weight excluding hydrogens is 304 g/mol. The molecule has 1 aromatic heterocycles. The molecule has 0 saturated heterocycles. The maximum absolute atomic E-state index is 11.9. The average Bonchev–Trinajstić information content (AvgIpc) is 2.54. The van der Waals surface area contributed by atoms with Gasteiger partial charge in [0.05, 0.1) is 11.7 Å². The van der Waals surface area contributed by atoms with Crippen LogP contribution in [0.3, 0.4) is 0 Å². The van der Waals surface area contributed by atoms with E-state index in [9.17, 15) is 4.79 Å². The minimum absolute atomic E-state index is 0.140. The minimum Gasteiger partial charge on any atom is -0.491 e. The van der Waals surface area contributed by atoms with Gasteiger partial charge in [0, 0.05) is 24.6 Å². The largest absolute Gasteiger partial charge is 0.491 e. The van der Waals surface area contributed by atoms with Gasteiger partial charge in [-0.25, -0.2) is 9.97 Å². The summed E-state index contributed by atoms with van der Waals surface area (Å²) >= 11 is 0. The van der Waals surface area contributed by atoms with Crippen LogP contribution in [0.25, 0.3) is 0 Å². The van der Waals surface area contributed by atoms with Crippen LogP contribution >= 0.6 is 0 Å². The average molecular weight is 328 g/mol. The SMILES string of the molecule is CC(C)CNC(=O)c1cnc(Nc2ccc(OC(C)C)cc2)nc1. The molecule has 2 aromatic rings. The van der Waals surface area contributed by atoms with E-state index in [4.69, 9.17) is 4.74 Å². The molecule has 2 N–H and O–H groups in total. The van der Waals surface area contributed by atoms with Gasteiger partial charge in [0.2, 0.25) is 5.95 Å². The zero-order valence-corrected chi connectivity index (χ0v) is 14.5. The first kappa shape index (κ1) is 17.7. The molecule has 0 fully saturated rings. The number of amides is 1. The molecule has 2 rings (SSSR count). The summed E-state index contributed by atoms with van der Waals surface area (Å²) in [6, 6.07) is 7.56. The zero-order chi connectivity index (χ0) is 17.5. The van der Waals surface area contributed by atoms with Crippen molar-refractivity contribution in [3.63, 3.8) is 0 Å². The van der Waals surface area contributed by atoms with E-state index in [1.165, 1.54) is 12.4 Å². The number of nitrogens with one attached hydrogen (secondary N) is 2. The van der Waals surface area contributed by atoms with Crippen LogP contribution in [-0.4, -0.2) is 28.5 Å². The molecule has 0 radical (unpaired) electrons. The molecule has 6 heteroatoms. The topological polar surface area (TPSA) is 76.1 Å². The highest BCUT2D eigenvalue weighted by Crippen LogP contribution is 2.19. The van der Waals surface area contributed by atoms with E-state index in [-0.39, 0.29) is 12.0 Å². The molecule has 128 valence electrons. The highest BCUT2D eigenvalue weighted by molar-refractivity contribution is 5.93. The number of hydrogen-bond donors (Lipinski definition) is 2. The van der Waals surface area contributed by atoms with Crippen molar-refractivity contribution in [3.05, 3.63) is 42.2 Å². The Hall–Kier alpha value is -2.63. The number of carbonyl (C=O) groups is 1. The van der Waals surface area contributed by atoms with E-state index < -0.39 is 0 Å². The van der Waals surface area contributed by atoms with Crippen molar-refractivity contribution in [2.45, 2.75) is 33.8 Å². The lowest BCUT2D eigenvalue weighted by Gasteiger charge is -2.11. The summed E-state index contributed by atoms with van der Waals surface area (Å²) in [5, 5.41) is 5.93. The van der Waals surface area contributed by atoms with Crippen molar-refractivity contribution in [1.82, 2.24) is 15.3 Å². The fourth-order valence-electron chi connectivity index (χ4n) is 1.93. The maximum atomic E-state index is 11.9. The third-order valence-electron chi connectivity index (χ3n) is 3.07. The van der Waals surface area contributed by atoms with E-state index >= 15 is 0 Å². The van der Waals surface area contributed by atoms with Gasteiger partial charge in [-0.1, -0.05) is 13.8 Å². The lowest BCUT2D eigenvalue weighted by molar-refractivity contribution is 0.0948. The van der Waals surface area contributed by atoms with E-state index in [2.05, 4.69) is 20.6 Å². The summed E-state index contributed by atoms with van der Waals surface area (Å²) in [6.45, 7) is 8.68. The fraction of sp³-hybridized carbons (Fsp3) is 0.389. The Balaban J connectivity index is 1.95. The second-order valence-corrected chi connectivity index (χ2v) is 6.22. The van der Waals surface area contributed by atoms with E-state index in [0.717, 1.165) is 11.4 Å². The van der Waals surface area contributed by atoms with Crippen molar-refractivity contribution in [1.29, 1.82) is 0 Å². The molecule has 1 amide bonds. The van der Waals surface area contributed by atoms with Crippen LogP contribution in [0.4, 0.5) is 11.6 Å². The van der Waals surface area contributed by atoms with Crippen LogP contribution < -0.4 is 15.4 Å². The number of ether oxygens (including phenoxy) is 1. The van der Waals surface area contributed by atoms with Gasteiger partial charge < -0.3 is 15.4 Å². The smallest absolute Gasteiger partial charge is 0.254 e. The van der Waals surface area contributed by atoms with Crippen molar-refractivity contribution < 1.29 is 9.53 Å². The summed E-state index contributed by atoms with van der Waals surface area (Å²) in [5.41, 5.74) is 1.30. The maximum Gasteiger partial charge on any atom is 0.254 e. The van der Waals surface area contributed by atoms with E-state index in [1.807, 2.05) is 52.0 Å². The van der Waals surface area contributed by atoms with Crippen LogP contribution in [-0.2, 0) is 0 Å². The minimum atomic E-state index is -0.162. The number of aromatic nitrogens is 2. The molecule has 0 aliphatic rings. The van der Waals surface area contributed by atoms with E-state index in [1.54, 1.807) is 0 Å². The molecular formula is C18H24N4O2. The van der Waals surface area contributed by atoms with Crippen LogP contribution in [0.15, 0.2) is 36.7 Å². The Kier molecular flexibility index (Phi) is 6.12. The summed E-state index contributed by atoms with van der Waals surface area (Å²) in [6.07, 6.45) is 3.17. The van der Waals surface area contributed by atoms with Gasteiger partial charge in [0.1, 0.15) is 5.75 Å². The quantitative estimate of drug-likeness (QED) is 0.815. The van der Waals surface area contributed by atoms with Gasteiger partial charge in [-0.3, -0.25) is 4.79 Å². The number of nitrogens with zero attached hydrogens (tertiary/aromatic N) is 2. The molecule has 0 saturated carbocycles. The van der Waals surface area contributed by atoms with Crippen LogP contribution in [0, 0.1) is 5.92 Å². The third kappa shape index (κ3) is 5.53. The Morgan fingerprint density at radius 2 is 1.71 bits per heavy atom. The molecule has 0 aliphatic heterocycles. The first-order valence-corrected chi connectivity index (χ1v) is 8.08. The molecule has 0 spiro atoms. The van der Waals surface area contributed by atoms with Crippen molar-refractivity contribution in [3.8, 4) is 5.75 Å². The number of benzene rings is 1. The number of hydrogen-bond acceptors (Lipinski definition) is 5. The highest BCUT2D eigenvalue weighted by Gasteiger charge is 2.07. The lowest BCUT2D eigenvalue weighted by atomic mass is 10.2. The molecule has 1 aromatic carbocycles. The third-order valence-corrected chi connectivity index (χ3v) is 3.07. The number of anilines is 2. The second kappa shape index (κ2) is 8.29. The standard InChI is InChI=1S/C18H24N4O2/c1-12(2)9-19-17(23)14-10-20-18(21-11-14)22-15-5-7-16(8-6-15)24-13(3)4/h5-8,10-13H,9H2,1-4H3,(H,19,23)(H,20,21,22). The second-order valence-electron chi connectivity index (χ2n) is 6.22. The van der Waals surface area contributed by atoms with Gasteiger partial charge in [0.15, 0.2) is 0 Å². The Morgan fingerprint density at radius 3 is 2.25 bits per heavy atom.